The Morgan fingerprint density at radius 3 is 1.97 bits per heavy atom. The number of hydrogen-bond acceptors (Lipinski definition) is 3. The zero-order valence-electron chi connectivity index (χ0n) is 18.6. The van der Waals surface area contributed by atoms with Crippen molar-refractivity contribution >= 4 is 17.5 Å². The van der Waals surface area contributed by atoms with Gasteiger partial charge in [0.05, 0.1) is 18.2 Å². The summed E-state index contributed by atoms with van der Waals surface area (Å²) >= 11 is 0. The molecule has 2 aliphatic heterocycles. The molecule has 5 rings (SSSR count). The van der Waals surface area contributed by atoms with E-state index in [1.54, 1.807) is 4.90 Å². The van der Waals surface area contributed by atoms with E-state index in [0.29, 0.717) is 11.4 Å². The third-order valence-electron chi connectivity index (χ3n) is 6.50. The Hall–Kier alpha value is -3.60. The lowest BCUT2D eigenvalue weighted by atomic mass is 9.89. The van der Waals surface area contributed by atoms with E-state index in [9.17, 15) is 9.59 Å². The van der Waals surface area contributed by atoms with Crippen LogP contribution in [-0.4, -0.2) is 42.5 Å². The zero-order valence-corrected chi connectivity index (χ0v) is 18.6. The number of rotatable bonds is 4. The summed E-state index contributed by atoms with van der Waals surface area (Å²) in [5, 5.41) is 0. The van der Waals surface area contributed by atoms with E-state index in [-0.39, 0.29) is 18.4 Å². The highest BCUT2D eigenvalue weighted by Gasteiger charge is 2.39. The molecular weight excluding hydrogens is 412 g/mol. The number of anilines is 1. The van der Waals surface area contributed by atoms with Crippen molar-refractivity contribution in [2.75, 3.05) is 24.5 Å². The third kappa shape index (κ3) is 4.36. The van der Waals surface area contributed by atoms with Crippen molar-refractivity contribution in [1.29, 1.82) is 0 Å². The van der Waals surface area contributed by atoms with E-state index in [1.165, 1.54) is 0 Å². The van der Waals surface area contributed by atoms with Crippen LogP contribution in [0.5, 0.6) is 5.75 Å². The van der Waals surface area contributed by atoms with Crippen molar-refractivity contribution < 1.29 is 14.3 Å². The average molecular weight is 441 g/mol. The fraction of sp³-hybridized carbons (Fsp3) is 0.286. The smallest absolute Gasteiger partial charge is 0.265 e. The van der Waals surface area contributed by atoms with Crippen LogP contribution in [0.4, 0.5) is 5.69 Å². The van der Waals surface area contributed by atoms with Gasteiger partial charge in [0.1, 0.15) is 5.75 Å². The minimum Gasteiger partial charge on any atom is -0.476 e. The Morgan fingerprint density at radius 2 is 1.33 bits per heavy atom. The number of para-hydroxylation sites is 2. The van der Waals surface area contributed by atoms with Crippen LogP contribution in [0.3, 0.4) is 0 Å². The monoisotopic (exact) mass is 440 g/mol. The molecule has 2 aliphatic rings. The third-order valence-corrected chi connectivity index (χ3v) is 6.50. The molecule has 0 saturated carbocycles. The Bertz CT molecular complexity index is 1070. The Morgan fingerprint density at radius 1 is 0.758 bits per heavy atom. The molecule has 0 spiro atoms. The molecule has 0 aliphatic carbocycles. The Kier molecular flexibility index (Phi) is 6.11. The van der Waals surface area contributed by atoms with E-state index in [0.717, 1.165) is 43.5 Å². The minimum atomic E-state index is -0.700. The van der Waals surface area contributed by atoms with Crippen molar-refractivity contribution in [3.63, 3.8) is 0 Å². The molecule has 1 atom stereocenters. The summed E-state index contributed by atoms with van der Waals surface area (Å²) in [6.45, 7) is 1.72. The normalized spacial score (nSPS) is 17.9. The van der Waals surface area contributed by atoms with Crippen LogP contribution in [0.25, 0.3) is 0 Å². The highest BCUT2D eigenvalue weighted by atomic mass is 16.5. The fourth-order valence-electron chi connectivity index (χ4n) is 4.81. The number of nitrogens with zero attached hydrogens (tertiary/aromatic N) is 2. The number of benzene rings is 3. The van der Waals surface area contributed by atoms with Crippen LogP contribution in [0.1, 0.15) is 36.3 Å². The maximum atomic E-state index is 14.2. The summed E-state index contributed by atoms with van der Waals surface area (Å²) in [6.07, 6.45) is 2.48. The van der Waals surface area contributed by atoms with Gasteiger partial charge in [-0.1, -0.05) is 72.8 Å². The van der Waals surface area contributed by atoms with E-state index in [2.05, 4.69) is 0 Å². The summed E-state index contributed by atoms with van der Waals surface area (Å²) in [5.41, 5.74) is 2.57. The topological polar surface area (TPSA) is 49.9 Å². The first-order valence-electron chi connectivity index (χ1n) is 11.7. The molecule has 168 valence electrons. The highest BCUT2D eigenvalue weighted by Crippen LogP contribution is 2.37. The van der Waals surface area contributed by atoms with Gasteiger partial charge in [0.15, 0.2) is 6.10 Å². The van der Waals surface area contributed by atoms with Gasteiger partial charge in [0.25, 0.3) is 5.91 Å². The van der Waals surface area contributed by atoms with Crippen LogP contribution in [0.15, 0.2) is 84.9 Å². The molecule has 0 aromatic heterocycles. The molecule has 1 fully saturated rings. The van der Waals surface area contributed by atoms with Crippen molar-refractivity contribution in [2.24, 2.45) is 0 Å². The molecule has 0 N–H and O–H groups in total. The van der Waals surface area contributed by atoms with Crippen LogP contribution >= 0.6 is 0 Å². The minimum absolute atomic E-state index is 0.0297. The molecule has 1 saturated heterocycles. The standard InChI is InChI=1S/C28H28N2O3/c31-27(29-18-10-3-11-19-29)25-20-30(23-16-8-9-17-24(23)33-25)28(32)26(21-12-4-1-5-13-21)22-14-6-2-7-15-22/h1-2,4-9,12-17,25-26H,3,10-11,18-20H2/t25-/m1/s1. The van der Waals surface area contributed by atoms with Gasteiger partial charge >= 0.3 is 0 Å². The summed E-state index contributed by atoms with van der Waals surface area (Å²) in [4.78, 5) is 31.1. The van der Waals surface area contributed by atoms with Crippen LogP contribution < -0.4 is 9.64 Å². The summed E-state index contributed by atoms with van der Waals surface area (Å²) < 4.78 is 6.13. The maximum absolute atomic E-state index is 14.2. The maximum Gasteiger partial charge on any atom is 0.265 e. The quantitative estimate of drug-likeness (QED) is 0.595. The zero-order chi connectivity index (χ0) is 22.6. The van der Waals surface area contributed by atoms with Gasteiger partial charge in [0.2, 0.25) is 5.91 Å². The van der Waals surface area contributed by atoms with E-state index in [4.69, 9.17) is 4.74 Å². The summed E-state index contributed by atoms with van der Waals surface area (Å²) in [6, 6.07) is 27.2. The van der Waals surface area contributed by atoms with E-state index in [1.807, 2.05) is 89.8 Å². The van der Waals surface area contributed by atoms with Crippen molar-refractivity contribution in [3.05, 3.63) is 96.1 Å². The number of likely N-dealkylation sites (tertiary alicyclic amines) is 1. The lowest BCUT2D eigenvalue weighted by Crippen LogP contribution is -2.53. The van der Waals surface area contributed by atoms with Crippen molar-refractivity contribution in [3.8, 4) is 5.75 Å². The second-order valence-electron chi connectivity index (χ2n) is 8.66. The Balaban J connectivity index is 1.51. The van der Waals surface area contributed by atoms with Gasteiger partial charge in [-0.2, -0.15) is 0 Å². The highest BCUT2D eigenvalue weighted by molar-refractivity contribution is 6.02. The molecule has 2 heterocycles. The molecule has 5 nitrogen and oxygen atoms in total. The molecule has 3 aromatic carbocycles. The molecular formula is C28H28N2O3. The number of fused-ring (bicyclic) bond motifs is 1. The first-order valence-corrected chi connectivity index (χ1v) is 11.7. The van der Waals surface area contributed by atoms with Gasteiger partial charge in [-0.3, -0.25) is 9.59 Å². The largest absolute Gasteiger partial charge is 0.476 e. The number of piperidine rings is 1. The molecule has 0 unspecified atom stereocenters. The number of hydrogen-bond donors (Lipinski definition) is 0. The Labute approximate surface area is 194 Å². The summed E-state index contributed by atoms with van der Waals surface area (Å²) in [5.74, 6) is 0.0224. The number of ether oxygens (including phenoxy) is 1. The van der Waals surface area contributed by atoms with Crippen LogP contribution in [-0.2, 0) is 9.59 Å². The molecule has 0 bridgehead atoms. The van der Waals surface area contributed by atoms with Gasteiger partial charge < -0.3 is 14.5 Å². The van der Waals surface area contributed by atoms with Gasteiger partial charge in [-0.25, -0.2) is 0 Å². The molecule has 5 heteroatoms. The summed E-state index contributed by atoms with van der Waals surface area (Å²) in [7, 11) is 0. The van der Waals surface area contributed by atoms with E-state index >= 15 is 0 Å². The first-order chi connectivity index (χ1) is 16.2. The van der Waals surface area contributed by atoms with Gasteiger partial charge in [-0.15, -0.1) is 0 Å². The molecule has 33 heavy (non-hydrogen) atoms. The molecule has 0 radical (unpaired) electrons. The fourth-order valence-corrected chi connectivity index (χ4v) is 4.81. The average Bonchev–Trinajstić information content (AvgIpc) is 2.89. The van der Waals surface area contributed by atoms with Gasteiger partial charge in [0, 0.05) is 13.1 Å². The van der Waals surface area contributed by atoms with Crippen LogP contribution in [0.2, 0.25) is 0 Å². The lowest BCUT2D eigenvalue weighted by molar-refractivity contribution is -0.139. The van der Waals surface area contributed by atoms with E-state index < -0.39 is 12.0 Å². The van der Waals surface area contributed by atoms with Crippen molar-refractivity contribution in [2.45, 2.75) is 31.3 Å². The van der Waals surface area contributed by atoms with Crippen LogP contribution in [0, 0.1) is 0 Å². The predicted molar refractivity (Wildman–Crippen MR) is 128 cm³/mol. The number of carbonyl (C=O) groups is 2. The first kappa shape index (κ1) is 21.3. The van der Waals surface area contributed by atoms with Crippen molar-refractivity contribution in [1.82, 2.24) is 4.90 Å². The molecule has 2 amide bonds. The second kappa shape index (κ2) is 9.49. The number of carbonyl (C=O) groups excluding carboxylic acids is 2. The SMILES string of the molecule is O=C([C@H]1CN(C(=O)C(c2ccccc2)c2ccccc2)c2ccccc2O1)N1CCCCC1. The number of amides is 2. The molecule has 3 aromatic rings. The second-order valence-corrected chi connectivity index (χ2v) is 8.66. The van der Waals surface area contributed by atoms with Gasteiger partial charge in [-0.05, 0) is 42.5 Å². The lowest BCUT2D eigenvalue weighted by Gasteiger charge is -2.38. The predicted octanol–water partition coefficient (Wildman–Crippen LogP) is 4.63.